The van der Waals surface area contributed by atoms with E-state index < -0.39 is 30.3 Å². The van der Waals surface area contributed by atoms with E-state index in [0.29, 0.717) is 18.7 Å². The van der Waals surface area contributed by atoms with Gasteiger partial charge >= 0.3 is 5.97 Å². The van der Waals surface area contributed by atoms with Crippen LogP contribution in [0.1, 0.15) is 37.7 Å². The molecule has 2 aromatic rings. The van der Waals surface area contributed by atoms with Crippen molar-refractivity contribution < 1.29 is 28.7 Å². The Morgan fingerprint density at radius 2 is 1.85 bits per heavy atom. The molecule has 0 spiro atoms. The van der Waals surface area contributed by atoms with Crippen LogP contribution in [-0.4, -0.2) is 60.5 Å². The Balaban J connectivity index is 1.64. The number of ether oxygens (including phenoxy) is 2. The molecule has 1 aromatic carbocycles. The van der Waals surface area contributed by atoms with Gasteiger partial charge in [0.2, 0.25) is 0 Å². The first-order valence-corrected chi connectivity index (χ1v) is 10.4. The zero-order chi connectivity index (χ0) is 25.0. The highest BCUT2D eigenvalue weighted by Crippen LogP contribution is 2.24. The fraction of sp³-hybridized carbons (Fsp3) is 0.292. The molecule has 34 heavy (non-hydrogen) atoms. The number of nitrogens with one attached hydrogen (secondary N) is 1. The Morgan fingerprint density at radius 1 is 1.15 bits per heavy atom. The van der Waals surface area contributed by atoms with Crippen molar-refractivity contribution >= 4 is 35.5 Å². The topological polar surface area (TPSA) is 131 Å². The highest BCUT2D eigenvalue weighted by molar-refractivity contribution is 6.21. The van der Waals surface area contributed by atoms with E-state index in [1.54, 1.807) is 7.11 Å². The standard InChI is InChI=1S/C24H24N4O6/c1-14-9-16(15(2)28(14)7-8-33-4)10-17(12-25)24(32)34-13-21(29)26-18-5-6-19-20(11-18)23(31)27(3)22(19)30/h5-6,9-11H,7-8,13H2,1-4H3,(H,26,29)/b17-10+. The highest BCUT2D eigenvalue weighted by atomic mass is 16.5. The van der Waals surface area contributed by atoms with E-state index in [9.17, 15) is 24.4 Å². The average molecular weight is 464 g/mol. The van der Waals surface area contributed by atoms with Crippen LogP contribution in [0.2, 0.25) is 0 Å². The maximum atomic E-state index is 12.4. The van der Waals surface area contributed by atoms with E-state index in [2.05, 4.69) is 5.32 Å². The Bertz CT molecular complexity index is 1250. The molecule has 10 nitrogen and oxygen atoms in total. The van der Waals surface area contributed by atoms with Crippen LogP contribution in [-0.2, 0) is 25.6 Å². The third kappa shape index (κ3) is 4.89. The van der Waals surface area contributed by atoms with E-state index >= 15 is 0 Å². The van der Waals surface area contributed by atoms with Crippen LogP contribution in [0.5, 0.6) is 0 Å². The van der Waals surface area contributed by atoms with Gasteiger partial charge in [0.05, 0.1) is 17.7 Å². The number of hydrogen-bond donors (Lipinski definition) is 1. The molecule has 3 rings (SSSR count). The number of nitrogens with zero attached hydrogens (tertiary/aromatic N) is 3. The maximum absolute atomic E-state index is 12.4. The summed E-state index contributed by atoms with van der Waals surface area (Å²) in [5.41, 5.74) is 2.96. The highest BCUT2D eigenvalue weighted by Gasteiger charge is 2.32. The predicted molar refractivity (Wildman–Crippen MR) is 122 cm³/mol. The summed E-state index contributed by atoms with van der Waals surface area (Å²) >= 11 is 0. The summed E-state index contributed by atoms with van der Waals surface area (Å²) in [7, 11) is 2.98. The second kappa shape index (κ2) is 10.1. The van der Waals surface area contributed by atoms with E-state index in [1.807, 2.05) is 30.6 Å². The lowest BCUT2D eigenvalue weighted by atomic mass is 10.1. The Kier molecular flexibility index (Phi) is 7.28. The first-order valence-electron chi connectivity index (χ1n) is 10.4. The van der Waals surface area contributed by atoms with Crippen LogP contribution in [0, 0.1) is 25.2 Å². The number of rotatable bonds is 8. The number of benzene rings is 1. The molecule has 10 heteroatoms. The van der Waals surface area contributed by atoms with Crippen LogP contribution >= 0.6 is 0 Å². The SMILES string of the molecule is COCCn1c(C)cc(/C=C(\C#N)C(=O)OCC(=O)Nc2ccc3c(c2)C(=O)N(C)C3=O)c1C. The molecule has 1 N–H and O–H groups in total. The number of carbonyl (C=O) groups is 4. The Labute approximate surface area is 196 Å². The molecular weight excluding hydrogens is 440 g/mol. The van der Waals surface area contributed by atoms with Gasteiger partial charge in [-0.3, -0.25) is 19.3 Å². The Hall–Kier alpha value is -4.23. The van der Waals surface area contributed by atoms with Crippen molar-refractivity contribution in [1.82, 2.24) is 9.47 Å². The molecule has 0 unspecified atom stereocenters. The number of imide groups is 1. The van der Waals surface area contributed by atoms with Crippen molar-refractivity contribution in [3.63, 3.8) is 0 Å². The zero-order valence-electron chi connectivity index (χ0n) is 19.3. The number of aromatic nitrogens is 1. The normalized spacial score (nSPS) is 13.0. The quantitative estimate of drug-likeness (QED) is 0.274. The molecule has 176 valence electrons. The molecule has 0 saturated carbocycles. The molecule has 1 aliphatic rings. The van der Waals surface area contributed by atoms with Crippen LogP contribution in [0.4, 0.5) is 5.69 Å². The van der Waals surface area contributed by atoms with E-state index in [0.717, 1.165) is 16.3 Å². The summed E-state index contributed by atoms with van der Waals surface area (Å²) < 4.78 is 12.1. The van der Waals surface area contributed by atoms with Gasteiger partial charge in [-0.25, -0.2) is 4.79 Å². The number of fused-ring (bicyclic) bond motifs is 1. The van der Waals surface area contributed by atoms with Gasteiger partial charge in [0, 0.05) is 37.8 Å². The average Bonchev–Trinajstić information content (AvgIpc) is 3.20. The van der Waals surface area contributed by atoms with E-state index in [1.165, 1.54) is 31.3 Å². The molecule has 1 aromatic heterocycles. The van der Waals surface area contributed by atoms with Crippen molar-refractivity contribution in [2.75, 3.05) is 32.7 Å². The smallest absolute Gasteiger partial charge is 0.349 e. The van der Waals surface area contributed by atoms with Gasteiger partial charge in [0.15, 0.2) is 6.61 Å². The van der Waals surface area contributed by atoms with Crippen molar-refractivity contribution in [2.45, 2.75) is 20.4 Å². The number of nitriles is 1. The minimum atomic E-state index is -0.935. The summed E-state index contributed by atoms with van der Waals surface area (Å²) in [5.74, 6) is -2.47. The van der Waals surface area contributed by atoms with Crippen LogP contribution in [0.3, 0.4) is 0 Å². The number of hydrogen-bond acceptors (Lipinski definition) is 7. The molecule has 1 aliphatic heterocycles. The number of amides is 3. The summed E-state index contributed by atoms with van der Waals surface area (Å²) in [6.07, 6.45) is 1.42. The van der Waals surface area contributed by atoms with E-state index in [4.69, 9.17) is 9.47 Å². The molecule has 0 atom stereocenters. The fourth-order valence-corrected chi connectivity index (χ4v) is 3.64. The van der Waals surface area contributed by atoms with Crippen LogP contribution < -0.4 is 5.32 Å². The lowest BCUT2D eigenvalue weighted by Crippen LogP contribution is -2.24. The van der Waals surface area contributed by atoms with Crippen molar-refractivity contribution in [1.29, 1.82) is 5.26 Å². The second-order valence-electron chi connectivity index (χ2n) is 7.69. The minimum absolute atomic E-state index is 0.181. The minimum Gasteiger partial charge on any atom is -0.451 e. The van der Waals surface area contributed by atoms with Gasteiger partial charge in [-0.2, -0.15) is 5.26 Å². The second-order valence-corrected chi connectivity index (χ2v) is 7.69. The van der Waals surface area contributed by atoms with Gasteiger partial charge in [0.25, 0.3) is 17.7 Å². The molecule has 0 fully saturated rings. The van der Waals surface area contributed by atoms with Gasteiger partial charge in [-0.1, -0.05) is 0 Å². The molecule has 0 saturated heterocycles. The maximum Gasteiger partial charge on any atom is 0.349 e. The largest absolute Gasteiger partial charge is 0.451 e. The number of aryl methyl sites for hydroxylation is 1. The summed E-state index contributed by atoms with van der Waals surface area (Å²) in [4.78, 5) is 49.6. The molecular formula is C24H24N4O6. The third-order valence-corrected chi connectivity index (χ3v) is 5.48. The summed E-state index contributed by atoms with van der Waals surface area (Å²) in [6.45, 7) is 4.30. The van der Waals surface area contributed by atoms with Crippen LogP contribution in [0.25, 0.3) is 6.08 Å². The van der Waals surface area contributed by atoms with Crippen molar-refractivity contribution in [3.05, 3.63) is 57.9 Å². The third-order valence-electron chi connectivity index (χ3n) is 5.48. The van der Waals surface area contributed by atoms with Gasteiger partial charge in [0.1, 0.15) is 11.6 Å². The first kappa shape index (κ1) is 24.4. The zero-order valence-corrected chi connectivity index (χ0v) is 19.3. The lowest BCUT2D eigenvalue weighted by Gasteiger charge is -2.08. The summed E-state index contributed by atoms with van der Waals surface area (Å²) in [5, 5.41) is 11.9. The van der Waals surface area contributed by atoms with Gasteiger partial charge < -0.3 is 19.4 Å². The molecule has 3 amide bonds. The lowest BCUT2D eigenvalue weighted by molar-refractivity contribution is -0.142. The van der Waals surface area contributed by atoms with Gasteiger partial charge in [-0.15, -0.1) is 0 Å². The number of anilines is 1. The molecule has 0 bridgehead atoms. The van der Waals surface area contributed by atoms with Gasteiger partial charge in [-0.05, 0) is 49.8 Å². The van der Waals surface area contributed by atoms with Crippen LogP contribution in [0.15, 0.2) is 29.8 Å². The number of esters is 1. The van der Waals surface area contributed by atoms with E-state index in [-0.39, 0.29) is 22.4 Å². The predicted octanol–water partition coefficient (Wildman–Crippen LogP) is 2.07. The molecule has 0 radical (unpaired) electrons. The summed E-state index contributed by atoms with van der Waals surface area (Å²) in [6, 6.07) is 7.97. The van der Waals surface area contributed by atoms with Crippen molar-refractivity contribution in [3.8, 4) is 6.07 Å². The first-order chi connectivity index (χ1) is 16.2. The number of carbonyl (C=O) groups excluding carboxylic acids is 4. The number of methoxy groups -OCH3 is 1. The monoisotopic (exact) mass is 464 g/mol. The fourth-order valence-electron chi connectivity index (χ4n) is 3.64. The van der Waals surface area contributed by atoms with Crippen molar-refractivity contribution in [2.24, 2.45) is 0 Å². The molecule has 2 heterocycles. The Morgan fingerprint density at radius 3 is 2.53 bits per heavy atom. The molecule has 0 aliphatic carbocycles.